The largest absolute Gasteiger partial charge is 0.357 e. The zero-order valence-corrected chi connectivity index (χ0v) is 10.0. The van der Waals surface area contributed by atoms with E-state index in [2.05, 4.69) is 63.2 Å². The van der Waals surface area contributed by atoms with Crippen molar-refractivity contribution in [3.63, 3.8) is 0 Å². The number of benzene rings is 1. The number of halogens is 1. The van der Waals surface area contributed by atoms with Gasteiger partial charge in [-0.15, -0.1) is 0 Å². The number of nitrogens with one attached hydrogen (secondary N) is 1. The normalized spacial score (nSPS) is 14.7. The molecule has 76 valence electrons. The number of aromatic amines is 1. The van der Waals surface area contributed by atoms with Crippen molar-refractivity contribution >= 4 is 38.7 Å². The van der Waals surface area contributed by atoms with Crippen molar-refractivity contribution in [1.29, 1.82) is 0 Å². The van der Waals surface area contributed by atoms with E-state index in [-0.39, 0.29) is 0 Å². The van der Waals surface area contributed by atoms with Gasteiger partial charge in [-0.1, -0.05) is 28.1 Å². The molecule has 3 heteroatoms. The molecule has 1 aromatic heterocycles. The molecule has 0 radical (unpaired) electrons. The van der Waals surface area contributed by atoms with Gasteiger partial charge in [0.05, 0.1) is 0 Å². The van der Waals surface area contributed by atoms with Gasteiger partial charge >= 0.3 is 0 Å². The van der Waals surface area contributed by atoms with Crippen LogP contribution in [0.3, 0.4) is 0 Å². The Morgan fingerprint density at radius 2 is 2.27 bits per heavy atom. The van der Waals surface area contributed by atoms with Crippen LogP contribution in [0.1, 0.15) is 5.56 Å². The molecule has 2 heterocycles. The molecule has 0 saturated carbocycles. The molecule has 0 unspecified atom stereocenters. The average Bonchev–Trinajstić information content (AvgIpc) is 2.58. The van der Waals surface area contributed by atoms with Crippen LogP contribution in [0.15, 0.2) is 28.7 Å². The highest BCUT2D eigenvalue weighted by Crippen LogP contribution is 2.33. The lowest BCUT2D eigenvalue weighted by Crippen LogP contribution is -2.19. The lowest BCUT2D eigenvalue weighted by atomic mass is 10.1. The molecule has 1 N–H and O–H groups in total. The lowest BCUT2D eigenvalue weighted by Gasteiger charge is -2.19. The highest BCUT2D eigenvalue weighted by molar-refractivity contribution is 9.10. The smallest absolute Gasteiger partial charge is 0.114 e. The van der Waals surface area contributed by atoms with Crippen molar-refractivity contribution in [2.45, 2.75) is 0 Å². The molecular weight excluding hydrogens is 252 g/mol. The Hall–Kier alpha value is -1.22. The van der Waals surface area contributed by atoms with Gasteiger partial charge in [-0.05, 0) is 18.2 Å². The van der Waals surface area contributed by atoms with Gasteiger partial charge < -0.3 is 9.88 Å². The molecule has 15 heavy (non-hydrogen) atoms. The van der Waals surface area contributed by atoms with E-state index in [1.54, 1.807) is 0 Å². The number of anilines is 1. The fourth-order valence-corrected chi connectivity index (χ4v) is 2.42. The monoisotopic (exact) mass is 262 g/mol. The van der Waals surface area contributed by atoms with Crippen molar-refractivity contribution in [2.24, 2.45) is 0 Å². The topological polar surface area (TPSA) is 19.0 Å². The number of fused-ring (bicyclic) bond motifs is 3. The lowest BCUT2D eigenvalue weighted by molar-refractivity contribution is 0.996. The third-order valence-corrected chi connectivity index (χ3v) is 3.32. The molecule has 0 bridgehead atoms. The standard InChI is InChI=1S/C12H11BrN2/c1-15-6-2-3-9-10-7-8(13)4-5-11(10)14-12(9)15/h2-5,7,14H,6H2,1H3. The second kappa shape index (κ2) is 3.14. The maximum absolute atomic E-state index is 3.51. The molecule has 0 spiro atoms. The number of nitrogens with zero attached hydrogens (tertiary/aromatic N) is 1. The van der Waals surface area contributed by atoms with Gasteiger partial charge in [-0.25, -0.2) is 0 Å². The minimum absolute atomic E-state index is 0.973. The molecule has 0 saturated heterocycles. The molecule has 0 amide bonds. The highest BCUT2D eigenvalue weighted by Gasteiger charge is 2.15. The molecule has 3 rings (SSSR count). The summed E-state index contributed by atoms with van der Waals surface area (Å²) >= 11 is 3.51. The van der Waals surface area contributed by atoms with Gasteiger partial charge in [0.15, 0.2) is 0 Å². The Bertz CT molecular complexity index is 554. The summed E-state index contributed by atoms with van der Waals surface area (Å²) < 4.78 is 1.12. The summed E-state index contributed by atoms with van der Waals surface area (Å²) in [6, 6.07) is 6.33. The number of hydrogen-bond acceptors (Lipinski definition) is 1. The molecule has 2 aromatic rings. The maximum atomic E-state index is 3.51. The van der Waals surface area contributed by atoms with Crippen LogP contribution in [-0.2, 0) is 0 Å². The second-order valence-corrected chi connectivity index (χ2v) is 4.78. The molecule has 0 fully saturated rings. The van der Waals surface area contributed by atoms with Crippen LogP contribution in [0.25, 0.3) is 17.0 Å². The van der Waals surface area contributed by atoms with Crippen molar-refractivity contribution in [2.75, 3.05) is 18.5 Å². The zero-order valence-electron chi connectivity index (χ0n) is 8.42. The van der Waals surface area contributed by atoms with Crippen molar-refractivity contribution in [3.8, 4) is 0 Å². The van der Waals surface area contributed by atoms with Gasteiger partial charge in [0, 0.05) is 34.5 Å². The van der Waals surface area contributed by atoms with Crippen LogP contribution in [0.2, 0.25) is 0 Å². The van der Waals surface area contributed by atoms with E-state index in [9.17, 15) is 0 Å². The van der Waals surface area contributed by atoms with Crippen LogP contribution >= 0.6 is 15.9 Å². The highest BCUT2D eigenvalue weighted by atomic mass is 79.9. The van der Waals surface area contributed by atoms with Crippen LogP contribution in [0, 0.1) is 0 Å². The van der Waals surface area contributed by atoms with Crippen LogP contribution in [0.4, 0.5) is 5.82 Å². The number of aromatic nitrogens is 1. The quantitative estimate of drug-likeness (QED) is 0.771. The minimum atomic E-state index is 0.973. The summed E-state index contributed by atoms with van der Waals surface area (Å²) in [6.45, 7) is 0.973. The summed E-state index contributed by atoms with van der Waals surface area (Å²) in [4.78, 5) is 5.67. The molecule has 1 aromatic carbocycles. The molecular formula is C12H11BrN2. The number of rotatable bonds is 0. The van der Waals surface area contributed by atoms with Crippen LogP contribution in [-0.4, -0.2) is 18.6 Å². The van der Waals surface area contributed by atoms with Crippen LogP contribution in [0.5, 0.6) is 0 Å². The number of hydrogen-bond donors (Lipinski definition) is 1. The van der Waals surface area contributed by atoms with E-state index >= 15 is 0 Å². The van der Waals surface area contributed by atoms with Gasteiger partial charge in [-0.2, -0.15) is 0 Å². The second-order valence-electron chi connectivity index (χ2n) is 3.86. The van der Waals surface area contributed by atoms with Crippen molar-refractivity contribution in [3.05, 3.63) is 34.3 Å². The van der Waals surface area contributed by atoms with E-state index in [1.165, 1.54) is 22.3 Å². The zero-order chi connectivity index (χ0) is 10.4. The number of likely N-dealkylation sites (N-methyl/N-ethyl adjacent to an activating group) is 1. The molecule has 0 aliphatic carbocycles. The van der Waals surface area contributed by atoms with E-state index < -0.39 is 0 Å². The van der Waals surface area contributed by atoms with Crippen LogP contribution < -0.4 is 4.90 Å². The third-order valence-electron chi connectivity index (χ3n) is 2.83. The Morgan fingerprint density at radius 3 is 3.13 bits per heavy atom. The van der Waals surface area contributed by atoms with Gasteiger partial charge in [0.25, 0.3) is 0 Å². The first-order valence-corrected chi connectivity index (χ1v) is 5.74. The summed E-state index contributed by atoms with van der Waals surface area (Å²) in [7, 11) is 2.10. The van der Waals surface area contributed by atoms with E-state index in [4.69, 9.17) is 0 Å². The third kappa shape index (κ3) is 1.30. The van der Waals surface area contributed by atoms with E-state index in [1.807, 2.05) is 0 Å². The molecule has 1 aliphatic rings. The Morgan fingerprint density at radius 1 is 1.40 bits per heavy atom. The summed E-state index contributed by atoms with van der Waals surface area (Å²) in [6.07, 6.45) is 4.39. The maximum Gasteiger partial charge on any atom is 0.114 e. The number of H-pyrrole nitrogens is 1. The summed E-state index contributed by atoms with van der Waals surface area (Å²) in [5.41, 5.74) is 2.49. The predicted molar refractivity (Wildman–Crippen MR) is 68.3 cm³/mol. The Balaban J connectivity index is 2.37. The van der Waals surface area contributed by atoms with E-state index in [0.29, 0.717) is 0 Å². The summed E-state index contributed by atoms with van der Waals surface area (Å²) in [5.74, 6) is 1.21. The predicted octanol–water partition coefficient (Wildman–Crippen LogP) is 3.39. The first-order chi connectivity index (χ1) is 7.25. The average molecular weight is 263 g/mol. The Kier molecular flexibility index (Phi) is 1.89. The SMILES string of the molecule is CN1CC=Cc2c1[nH]c1ccc(Br)cc21. The fraction of sp³-hybridized carbons (Fsp3) is 0.167. The molecule has 1 aliphatic heterocycles. The first kappa shape index (κ1) is 9.04. The minimum Gasteiger partial charge on any atom is -0.357 e. The Labute approximate surface area is 96.7 Å². The molecule has 2 nitrogen and oxygen atoms in total. The molecule has 0 atom stereocenters. The van der Waals surface area contributed by atoms with Gasteiger partial charge in [0.1, 0.15) is 5.82 Å². The van der Waals surface area contributed by atoms with Crippen molar-refractivity contribution in [1.82, 2.24) is 4.98 Å². The first-order valence-electron chi connectivity index (χ1n) is 4.94. The van der Waals surface area contributed by atoms with Gasteiger partial charge in [0.2, 0.25) is 0 Å². The fourth-order valence-electron chi connectivity index (χ4n) is 2.06. The van der Waals surface area contributed by atoms with Gasteiger partial charge in [-0.3, -0.25) is 0 Å². The van der Waals surface area contributed by atoms with E-state index in [0.717, 1.165) is 11.0 Å². The summed E-state index contributed by atoms with van der Waals surface area (Å²) in [5, 5.41) is 1.28. The van der Waals surface area contributed by atoms with Crippen molar-refractivity contribution < 1.29 is 0 Å².